The first kappa shape index (κ1) is 15.6. The number of rotatable bonds is 3. The van der Waals surface area contributed by atoms with E-state index < -0.39 is 23.8 Å². The fraction of sp³-hybridized carbons (Fsp3) is 0.167. The van der Waals surface area contributed by atoms with E-state index in [-0.39, 0.29) is 5.57 Å². The van der Waals surface area contributed by atoms with E-state index in [4.69, 9.17) is 10.1 Å². The van der Waals surface area contributed by atoms with Gasteiger partial charge in [-0.05, 0) is 23.6 Å². The molecule has 0 bridgehead atoms. The molecule has 0 unspecified atom stereocenters. The Labute approximate surface area is 138 Å². The average Bonchev–Trinajstić information content (AvgIpc) is 2.62. The summed E-state index contributed by atoms with van der Waals surface area (Å²) in [5.41, 5.74) is 0.831. The largest absolute Gasteiger partial charge is 0.497 e. The summed E-state index contributed by atoms with van der Waals surface area (Å²) < 4.78 is 6.97. The van der Waals surface area contributed by atoms with Crippen molar-refractivity contribution in [3.8, 4) is 5.75 Å². The Hall–Kier alpha value is -3.24. The Morgan fingerprint density at radius 3 is 2.58 bits per heavy atom. The molecule has 1 fully saturated rings. The molecule has 2 amide bonds. The van der Waals surface area contributed by atoms with Crippen LogP contribution >= 0.6 is 0 Å². The number of pyridine rings is 1. The quantitative estimate of drug-likeness (QED) is 0.385. The number of carbonyl (C=O) groups excluding carboxylic acids is 2. The minimum Gasteiger partial charge on any atom is -0.497 e. The highest BCUT2D eigenvalue weighted by Gasteiger charge is 2.47. The van der Waals surface area contributed by atoms with E-state index in [1.165, 1.54) is 0 Å². The molecular weight excluding hydrogens is 306 g/mol. The third-order valence-electron chi connectivity index (χ3n) is 4.02. The molecule has 24 heavy (non-hydrogen) atoms. The number of methoxy groups -OCH3 is 1. The summed E-state index contributed by atoms with van der Waals surface area (Å²) >= 11 is 0. The highest BCUT2D eigenvalue weighted by atomic mass is 16.5. The first-order valence-corrected chi connectivity index (χ1v) is 7.40. The fourth-order valence-corrected chi connectivity index (χ4v) is 2.93. The molecule has 6 heteroatoms. The van der Waals surface area contributed by atoms with E-state index in [0.29, 0.717) is 11.3 Å². The smallest absolute Gasteiger partial charge is 0.296 e. The molecule has 2 aromatic rings. The summed E-state index contributed by atoms with van der Waals surface area (Å²) in [6.45, 7) is 0. The second-order valence-electron chi connectivity index (χ2n) is 5.38. The molecule has 6 nitrogen and oxygen atoms in total. The minimum absolute atomic E-state index is 0.115. The molecular formula is C18H16N3O3+. The zero-order valence-corrected chi connectivity index (χ0v) is 13.0. The van der Waals surface area contributed by atoms with Crippen molar-refractivity contribution in [1.29, 1.82) is 5.41 Å². The van der Waals surface area contributed by atoms with Gasteiger partial charge in [-0.1, -0.05) is 18.2 Å². The van der Waals surface area contributed by atoms with Gasteiger partial charge in [0.25, 0.3) is 11.8 Å². The molecule has 2 heterocycles. The first-order chi connectivity index (χ1) is 11.7. The number of imide groups is 1. The maximum Gasteiger partial charge on any atom is 0.296 e. The van der Waals surface area contributed by atoms with Gasteiger partial charge in [-0.3, -0.25) is 20.3 Å². The number of hydrogen-bond donors (Lipinski definition) is 2. The van der Waals surface area contributed by atoms with Gasteiger partial charge in [0.05, 0.1) is 18.6 Å². The van der Waals surface area contributed by atoms with Crippen molar-refractivity contribution in [3.63, 3.8) is 0 Å². The van der Waals surface area contributed by atoms with E-state index in [2.05, 4.69) is 11.2 Å². The molecule has 1 saturated heterocycles. The van der Waals surface area contributed by atoms with Crippen molar-refractivity contribution in [2.75, 3.05) is 7.11 Å². The van der Waals surface area contributed by atoms with Crippen LogP contribution in [0.5, 0.6) is 5.75 Å². The second-order valence-corrected chi connectivity index (χ2v) is 5.38. The van der Waals surface area contributed by atoms with Crippen molar-refractivity contribution in [2.24, 2.45) is 0 Å². The molecule has 1 aliphatic rings. The minimum atomic E-state index is -0.691. The molecule has 0 aliphatic carbocycles. The Morgan fingerprint density at radius 2 is 1.92 bits per heavy atom. The molecule has 0 spiro atoms. The zero-order valence-electron chi connectivity index (χ0n) is 13.0. The van der Waals surface area contributed by atoms with Gasteiger partial charge in [0.2, 0.25) is 6.04 Å². The molecule has 1 aromatic carbocycles. The van der Waals surface area contributed by atoms with Crippen molar-refractivity contribution < 1.29 is 18.9 Å². The van der Waals surface area contributed by atoms with Gasteiger partial charge in [0.15, 0.2) is 12.4 Å². The molecule has 3 rings (SSSR count). The van der Waals surface area contributed by atoms with Gasteiger partial charge in [-0.25, -0.2) is 0 Å². The van der Waals surface area contributed by atoms with Crippen molar-refractivity contribution in [1.82, 2.24) is 5.32 Å². The van der Waals surface area contributed by atoms with E-state index >= 15 is 0 Å². The number of benzene rings is 1. The highest BCUT2D eigenvalue weighted by molar-refractivity contribution is 6.13. The average molecular weight is 322 g/mol. The Kier molecular flexibility index (Phi) is 4.22. The molecule has 0 radical (unpaired) electrons. The Bertz CT molecular complexity index is 842. The van der Waals surface area contributed by atoms with Crippen molar-refractivity contribution >= 4 is 17.7 Å². The van der Waals surface area contributed by atoms with Gasteiger partial charge in [0.1, 0.15) is 5.75 Å². The SMILES string of the molecule is COc1cccc([C@H]2C(=C=N)C(=O)NC(=O)[C@@H]2[n+]2ccccc2)c1. The van der Waals surface area contributed by atoms with Gasteiger partial charge in [-0.15, -0.1) is 0 Å². The molecule has 2 N–H and O–H groups in total. The third-order valence-corrected chi connectivity index (χ3v) is 4.02. The summed E-state index contributed by atoms with van der Waals surface area (Å²) in [5, 5.41) is 9.83. The van der Waals surface area contributed by atoms with E-state index in [1.54, 1.807) is 54.4 Å². The number of nitrogens with zero attached hydrogens (tertiary/aromatic N) is 1. The van der Waals surface area contributed by atoms with Crippen LogP contribution in [-0.2, 0) is 9.59 Å². The predicted octanol–water partition coefficient (Wildman–Crippen LogP) is 1.14. The monoisotopic (exact) mass is 322 g/mol. The summed E-state index contributed by atoms with van der Waals surface area (Å²) in [5.74, 6) is 1.21. The second kappa shape index (κ2) is 6.48. The van der Waals surface area contributed by atoms with Crippen molar-refractivity contribution in [2.45, 2.75) is 12.0 Å². The van der Waals surface area contributed by atoms with Crippen LogP contribution in [-0.4, -0.2) is 24.8 Å². The molecule has 120 valence electrons. The van der Waals surface area contributed by atoms with Crippen LogP contribution in [0.2, 0.25) is 0 Å². The number of nitrogens with one attached hydrogen (secondary N) is 2. The third kappa shape index (κ3) is 2.71. The number of aromatic nitrogens is 1. The number of amides is 2. The maximum atomic E-state index is 12.5. The van der Waals surface area contributed by atoms with Gasteiger partial charge >= 0.3 is 0 Å². The molecule has 0 saturated carbocycles. The van der Waals surface area contributed by atoms with Crippen LogP contribution in [0.4, 0.5) is 0 Å². The van der Waals surface area contributed by atoms with Crippen LogP contribution in [0.15, 0.2) is 60.4 Å². The highest BCUT2D eigenvalue weighted by Crippen LogP contribution is 2.35. The first-order valence-electron chi connectivity index (χ1n) is 7.40. The maximum absolute atomic E-state index is 12.5. The Morgan fingerprint density at radius 1 is 1.17 bits per heavy atom. The van der Waals surface area contributed by atoms with Crippen LogP contribution in [0.1, 0.15) is 17.5 Å². The topological polar surface area (TPSA) is 83.1 Å². The van der Waals surface area contributed by atoms with E-state index in [9.17, 15) is 9.59 Å². The lowest BCUT2D eigenvalue weighted by atomic mass is 9.81. The number of carbonyl (C=O) groups is 2. The van der Waals surface area contributed by atoms with Crippen LogP contribution in [0, 0.1) is 5.41 Å². The van der Waals surface area contributed by atoms with Gasteiger partial charge < -0.3 is 4.74 Å². The zero-order chi connectivity index (χ0) is 17.1. The Balaban J connectivity index is 2.18. The summed E-state index contributed by atoms with van der Waals surface area (Å²) in [6, 6.07) is 11.9. The fourth-order valence-electron chi connectivity index (χ4n) is 2.93. The summed E-state index contributed by atoms with van der Waals surface area (Å²) in [4.78, 5) is 24.7. The lowest BCUT2D eigenvalue weighted by Gasteiger charge is -2.27. The van der Waals surface area contributed by atoms with E-state index in [1.807, 2.05) is 12.1 Å². The molecule has 1 aliphatic heterocycles. The van der Waals surface area contributed by atoms with Crippen LogP contribution in [0.25, 0.3) is 0 Å². The molecule has 1 aromatic heterocycles. The summed E-state index contributed by atoms with van der Waals surface area (Å²) in [7, 11) is 1.55. The molecule has 2 atom stereocenters. The van der Waals surface area contributed by atoms with E-state index in [0.717, 1.165) is 0 Å². The number of piperidine rings is 1. The van der Waals surface area contributed by atoms with Crippen LogP contribution < -0.4 is 14.6 Å². The predicted molar refractivity (Wildman–Crippen MR) is 85.8 cm³/mol. The van der Waals surface area contributed by atoms with Crippen molar-refractivity contribution in [3.05, 3.63) is 66.0 Å². The van der Waals surface area contributed by atoms with Gasteiger partial charge in [0, 0.05) is 12.1 Å². The lowest BCUT2D eigenvalue weighted by Crippen LogP contribution is -2.57. The van der Waals surface area contributed by atoms with Crippen LogP contribution in [0.3, 0.4) is 0 Å². The standard InChI is InChI=1S/C18H15N3O3/c1-24-13-7-5-6-12(10-13)15-14(11-19)17(22)20-18(23)16(15)21-8-3-2-4-9-21/h2-10,15-16,19H,1H3/p+1/t15-,16+/m0/s1. The van der Waals surface area contributed by atoms with Gasteiger partial charge in [-0.2, -0.15) is 4.57 Å². The summed E-state index contributed by atoms with van der Waals surface area (Å²) in [6.07, 6.45) is 3.52. The lowest BCUT2D eigenvalue weighted by molar-refractivity contribution is -0.711. The number of ether oxygens (including phenoxy) is 1. The number of hydrogen-bond acceptors (Lipinski definition) is 4. The normalized spacial score (nSPS) is 20.3.